The monoisotopic (exact) mass is 252 g/mol. The number of rotatable bonds is 8. The van der Waals surface area contributed by atoms with E-state index in [9.17, 15) is 5.26 Å². The Hall–Kier alpha value is -0.590. The number of hydrogen-bond donors (Lipinski definition) is 1. The van der Waals surface area contributed by atoms with Crippen molar-refractivity contribution in [1.29, 1.82) is 5.26 Å². The number of hydrogen-bond acceptors (Lipinski definition) is 3. The second kappa shape index (κ2) is 7.76. The van der Waals surface area contributed by atoms with Crippen molar-refractivity contribution >= 4 is 0 Å². The summed E-state index contributed by atoms with van der Waals surface area (Å²) in [6, 6.07) is 2.74. The molecule has 1 unspecified atom stereocenters. The lowest BCUT2D eigenvalue weighted by Gasteiger charge is -2.25. The van der Waals surface area contributed by atoms with Crippen LogP contribution in [0.25, 0.3) is 0 Å². The molecule has 104 valence electrons. The van der Waals surface area contributed by atoms with Gasteiger partial charge in [0.1, 0.15) is 5.54 Å². The van der Waals surface area contributed by atoms with Gasteiger partial charge in [-0.1, -0.05) is 12.8 Å². The van der Waals surface area contributed by atoms with Gasteiger partial charge in [0.05, 0.1) is 12.2 Å². The zero-order valence-corrected chi connectivity index (χ0v) is 12.2. The Bertz CT molecular complexity index is 266. The molecule has 1 N–H and O–H groups in total. The predicted octanol–water partition coefficient (Wildman–Crippen LogP) is 3.40. The molecule has 18 heavy (non-hydrogen) atoms. The van der Waals surface area contributed by atoms with Crippen LogP contribution in [0.5, 0.6) is 0 Å². The second-order valence-corrected chi connectivity index (χ2v) is 5.98. The summed E-state index contributed by atoms with van der Waals surface area (Å²) >= 11 is 0. The minimum Gasteiger partial charge on any atom is -0.378 e. The Morgan fingerprint density at radius 1 is 1.33 bits per heavy atom. The van der Waals surface area contributed by atoms with Gasteiger partial charge < -0.3 is 4.74 Å². The van der Waals surface area contributed by atoms with E-state index >= 15 is 0 Å². The third kappa shape index (κ3) is 5.84. The van der Waals surface area contributed by atoms with Crippen LogP contribution in [0.3, 0.4) is 0 Å². The zero-order valence-electron chi connectivity index (χ0n) is 12.2. The Morgan fingerprint density at radius 3 is 2.56 bits per heavy atom. The van der Waals surface area contributed by atoms with E-state index in [1.165, 1.54) is 25.7 Å². The molecule has 0 aromatic rings. The van der Waals surface area contributed by atoms with E-state index in [2.05, 4.69) is 25.2 Å². The van der Waals surface area contributed by atoms with Crippen molar-refractivity contribution in [2.75, 3.05) is 6.61 Å². The molecular formula is C15H28N2O. The van der Waals surface area contributed by atoms with E-state index in [0.717, 1.165) is 25.9 Å². The first-order valence-electron chi connectivity index (χ1n) is 7.36. The van der Waals surface area contributed by atoms with E-state index in [0.29, 0.717) is 12.1 Å². The summed E-state index contributed by atoms with van der Waals surface area (Å²) in [5.74, 6) is 0. The second-order valence-electron chi connectivity index (χ2n) is 5.98. The van der Waals surface area contributed by atoms with E-state index in [4.69, 9.17) is 4.74 Å². The van der Waals surface area contributed by atoms with Crippen LogP contribution in [0.2, 0.25) is 0 Å². The van der Waals surface area contributed by atoms with E-state index in [1.807, 2.05) is 6.92 Å². The molecule has 1 rings (SSSR count). The highest BCUT2D eigenvalue weighted by Crippen LogP contribution is 2.21. The molecule has 0 aromatic heterocycles. The summed E-state index contributed by atoms with van der Waals surface area (Å²) in [4.78, 5) is 0. The number of nitrogens with one attached hydrogen (secondary N) is 1. The van der Waals surface area contributed by atoms with Gasteiger partial charge in [-0.15, -0.1) is 0 Å². The molecule has 3 heteroatoms. The number of unbranched alkanes of at least 4 members (excludes halogenated alkanes) is 1. The molecule has 0 saturated heterocycles. The summed E-state index contributed by atoms with van der Waals surface area (Å²) in [6.07, 6.45) is 8.67. The molecule has 0 radical (unpaired) electrons. The van der Waals surface area contributed by atoms with Crippen LogP contribution in [0.4, 0.5) is 0 Å². The standard InChI is InChI=1S/C15H28N2O/c1-13(2)17-15(3,12-16)10-6-7-11-18-14-8-4-5-9-14/h13-14,17H,4-11H2,1-3H3. The fourth-order valence-corrected chi connectivity index (χ4v) is 2.68. The Balaban J connectivity index is 2.09. The molecule has 0 bridgehead atoms. The Labute approximate surface area is 112 Å². The van der Waals surface area contributed by atoms with Crippen LogP contribution < -0.4 is 5.32 Å². The molecular weight excluding hydrogens is 224 g/mol. The molecule has 1 atom stereocenters. The minimum absolute atomic E-state index is 0.351. The molecule has 0 amide bonds. The number of nitriles is 1. The minimum atomic E-state index is -0.387. The first-order valence-corrected chi connectivity index (χ1v) is 7.36. The largest absolute Gasteiger partial charge is 0.378 e. The third-order valence-electron chi connectivity index (χ3n) is 3.58. The lowest BCUT2D eigenvalue weighted by Crippen LogP contribution is -2.44. The van der Waals surface area contributed by atoms with Crippen LogP contribution in [0.15, 0.2) is 0 Å². The third-order valence-corrected chi connectivity index (χ3v) is 3.58. The highest BCUT2D eigenvalue weighted by atomic mass is 16.5. The Morgan fingerprint density at radius 2 is 2.00 bits per heavy atom. The average Bonchev–Trinajstić information content (AvgIpc) is 2.80. The molecule has 0 aliphatic heterocycles. The molecule has 1 saturated carbocycles. The van der Waals surface area contributed by atoms with Gasteiger partial charge in [0.2, 0.25) is 0 Å². The summed E-state index contributed by atoms with van der Waals surface area (Å²) in [5, 5.41) is 12.6. The van der Waals surface area contributed by atoms with Crippen molar-refractivity contribution in [3.8, 4) is 6.07 Å². The summed E-state index contributed by atoms with van der Waals surface area (Å²) < 4.78 is 5.83. The van der Waals surface area contributed by atoms with Crippen molar-refractivity contribution in [1.82, 2.24) is 5.32 Å². The van der Waals surface area contributed by atoms with E-state index < -0.39 is 0 Å². The van der Waals surface area contributed by atoms with E-state index in [-0.39, 0.29) is 5.54 Å². The average molecular weight is 252 g/mol. The molecule has 1 aliphatic rings. The normalized spacial score (nSPS) is 19.9. The summed E-state index contributed by atoms with van der Waals surface area (Å²) in [7, 11) is 0. The predicted molar refractivity (Wildman–Crippen MR) is 74.3 cm³/mol. The molecule has 3 nitrogen and oxygen atoms in total. The first-order chi connectivity index (χ1) is 8.56. The van der Waals surface area contributed by atoms with Gasteiger partial charge in [-0.2, -0.15) is 5.26 Å². The molecule has 0 heterocycles. The SMILES string of the molecule is CC(C)NC(C)(C#N)CCCCOC1CCCC1. The van der Waals surface area contributed by atoms with Gasteiger partial charge >= 0.3 is 0 Å². The number of nitrogens with zero attached hydrogens (tertiary/aromatic N) is 1. The van der Waals surface area contributed by atoms with Gasteiger partial charge in [-0.3, -0.25) is 5.32 Å². The smallest absolute Gasteiger partial charge is 0.104 e. The molecule has 0 aromatic carbocycles. The van der Waals surface area contributed by atoms with Gasteiger partial charge in [0, 0.05) is 12.6 Å². The maximum Gasteiger partial charge on any atom is 0.104 e. The molecule has 0 spiro atoms. The van der Waals surface area contributed by atoms with Crippen molar-refractivity contribution in [2.24, 2.45) is 0 Å². The number of ether oxygens (including phenoxy) is 1. The van der Waals surface area contributed by atoms with E-state index in [1.54, 1.807) is 0 Å². The highest BCUT2D eigenvalue weighted by Gasteiger charge is 2.23. The van der Waals surface area contributed by atoms with Crippen molar-refractivity contribution in [3.05, 3.63) is 0 Å². The fourth-order valence-electron chi connectivity index (χ4n) is 2.68. The molecule has 1 aliphatic carbocycles. The van der Waals surface area contributed by atoms with Crippen molar-refractivity contribution < 1.29 is 4.74 Å². The lowest BCUT2D eigenvalue weighted by atomic mass is 9.96. The topological polar surface area (TPSA) is 45.0 Å². The summed E-state index contributed by atoms with van der Waals surface area (Å²) in [6.45, 7) is 7.01. The van der Waals surface area contributed by atoms with Gasteiger partial charge in [0.15, 0.2) is 0 Å². The van der Waals surface area contributed by atoms with Gasteiger partial charge in [-0.25, -0.2) is 0 Å². The maximum atomic E-state index is 9.22. The van der Waals surface area contributed by atoms with Gasteiger partial charge in [-0.05, 0) is 52.9 Å². The van der Waals surface area contributed by atoms with Crippen LogP contribution in [0, 0.1) is 11.3 Å². The van der Waals surface area contributed by atoms with Gasteiger partial charge in [0.25, 0.3) is 0 Å². The van der Waals surface area contributed by atoms with Crippen LogP contribution in [0.1, 0.15) is 65.7 Å². The van der Waals surface area contributed by atoms with Crippen LogP contribution in [-0.4, -0.2) is 24.3 Å². The fraction of sp³-hybridized carbons (Fsp3) is 0.933. The van der Waals surface area contributed by atoms with Crippen LogP contribution >= 0.6 is 0 Å². The zero-order chi connectivity index (χ0) is 13.4. The lowest BCUT2D eigenvalue weighted by molar-refractivity contribution is 0.0550. The van der Waals surface area contributed by atoms with Crippen LogP contribution in [-0.2, 0) is 4.74 Å². The summed E-state index contributed by atoms with van der Waals surface area (Å²) in [5.41, 5.74) is -0.387. The Kier molecular flexibility index (Phi) is 6.67. The highest BCUT2D eigenvalue weighted by molar-refractivity contribution is 5.04. The quantitative estimate of drug-likeness (QED) is 0.673. The van der Waals surface area contributed by atoms with Crippen molar-refractivity contribution in [2.45, 2.75) is 83.4 Å². The maximum absolute atomic E-state index is 9.22. The van der Waals surface area contributed by atoms with Crippen molar-refractivity contribution in [3.63, 3.8) is 0 Å². The first kappa shape index (κ1) is 15.5. The molecule has 1 fully saturated rings.